The van der Waals surface area contributed by atoms with Gasteiger partial charge in [-0.1, -0.05) is 24.3 Å². The van der Waals surface area contributed by atoms with Crippen LogP contribution in [0.4, 0.5) is 0 Å². The van der Waals surface area contributed by atoms with E-state index in [9.17, 15) is 14.7 Å². The summed E-state index contributed by atoms with van der Waals surface area (Å²) in [6.45, 7) is 4.23. The number of para-hydroxylation sites is 1. The monoisotopic (exact) mass is 343 g/mol. The van der Waals surface area contributed by atoms with Crippen LogP contribution in [0.2, 0.25) is 0 Å². The molecule has 0 saturated heterocycles. The highest BCUT2D eigenvalue weighted by atomic mass is 16.3. The number of carbonyl (C=O) groups is 2. The average Bonchev–Trinajstić information content (AvgIpc) is 2.61. The molecule has 1 aliphatic carbocycles. The molecule has 2 N–H and O–H groups in total. The van der Waals surface area contributed by atoms with E-state index in [1.807, 2.05) is 18.2 Å². The zero-order valence-corrected chi connectivity index (χ0v) is 15.1. The molecular formula is C21H29NO3. The highest BCUT2D eigenvalue weighted by Crippen LogP contribution is 2.44. The standard InChI is InChI=1S/C21H29NO3/c1-3-12-21(13-10-17(11-14-21)19(24)15-22-2)20(25)9-8-16-6-4-5-7-18(16)23/h3-7,17,22-23H,1,8-15H2,2H3. The fourth-order valence-corrected chi connectivity index (χ4v) is 3.92. The summed E-state index contributed by atoms with van der Waals surface area (Å²) >= 11 is 0. The van der Waals surface area contributed by atoms with E-state index in [2.05, 4.69) is 11.9 Å². The molecule has 0 amide bonds. The van der Waals surface area contributed by atoms with E-state index in [0.717, 1.165) is 31.2 Å². The van der Waals surface area contributed by atoms with E-state index in [1.54, 1.807) is 19.2 Å². The molecule has 1 aromatic rings. The van der Waals surface area contributed by atoms with Crippen molar-refractivity contribution in [3.05, 3.63) is 42.5 Å². The van der Waals surface area contributed by atoms with E-state index in [0.29, 0.717) is 25.8 Å². The first-order valence-electron chi connectivity index (χ1n) is 9.11. The minimum absolute atomic E-state index is 0.0661. The van der Waals surface area contributed by atoms with Crippen LogP contribution < -0.4 is 5.32 Å². The number of ketones is 2. The Labute approximate surface area is 150 Å². The number of hydrogen-bond acceptors (Lipinski definition) is 4. The Morgan fingerprint density at radius 3 is 2.60 bits per heavy atom. The molecule has 0 spiro atoms. The van der Waals surface area contributed by atoms with Crippen molar-refractivity contribution in [2.45, 2.75) is 44.9 Å². The molecule has 0 unspecified atom stereocenters. The third-order valence-corrected chi connectivity index (χ3v) is 5.49. The van der Waals surface area contributed by atoms with Crippen LogP contribution in [0.15, 0.2) is 36.9 Å². The van der Waals surface area contributed by atoms with Crippen LogP contribution in [0.25, 0.3) is 0 Å². The van der Waals surface area contributed by atoms with E-state index in [1.165, 1.54) is 0 Å². The number of Topliss-reactive ketones (excluding diaryl/α,β-unsaturated/α-hetero) is 2. The van der Waals surface area contributed by atoms with Gasteiger partial charge in [0.2, 0.25) is 0 Å². The Kier molecular flexibility index (Phi) is 6.94. The number of likely N-dealkylation sites (N-methyl/N-ethyl adjacent to an activating group) is 1. The van der Waals surface area contributed by atoms with Gasteiger partial charge in [-0.25, -0.2) is 0 Å². The van der Waals surface area contributed by atoms with Crippen LogP contribution in [0.1, 0.15) is 44.1 Å². The first-order chi connectivity index (χ1) is 12.0. The van der Waals surface area contributed by atoms with Gasteiger partial charge >= 0.3 is 0 Å². The normalized spacial score (nSPS) is 23.2. The van der Waals surface area contributed by atoms with Crippen LogP contribution in [0.5, 0.6) is 5.75 Å². The van der Waals surface area contributed by atoms with Gasteiger partial charge in [0.05, 0.1) is 6.54 Å². The van der Waals surface area contributed by atoms with Crippen molar-refractivity contribution in [2.24, 2.45) is 11.3 Å². The number of phenolic OH excluding ortho intramolecular Hbond substituents is 1. The van der Waals surface area contributed by atoms with Crippen molar-refractivity contribution in [3.63, 3.8) is 0 Å². The zero-order valence-electron chi connectivity index (χ0n) is 15.1. The molecule has 1 aromatic carbocycles. The lowest BCUT2D eigenvalue weighted by molar-refractivity contribution is -0.133. The van der Waals surface area contributed by atoms with Gasteiger partial charge < -0.3 is 10.4 Å². The quantitative estimate of drug-likeness (QED) is 0.674. The summed E-state index contributed by atoms with van der Waals surface area (Å²) in [5, 5.41) is 12.8. The Hall–Kier alpha value is -1.94. The molecule has 4 heteroatoms. The Bertz CT molecular complexity index is 615. The summed E-state index contributed by atoms with van der Waals surface area (Å²) in [6, 6.07) is 7.16. The predicted octanol–water partition coefficient (Wildman–Crippen LogP) is 3.44. The zero-order chi connectivity index (χ0) is 18.3. The maximum absolute atomic E-state index is 13.0. The van der Waals surface area contributed by atoms with E-state index in [-0.39, 0.29) is 28.6 Å². The second-order valence-corrected chi connectivity index (χ2v) is 7.10. The maximum atomic E-state index is 13.0. The van der Waals surface area contributed by atoms with Crippen LogP contribution in [0.3, 0.4) is 0 Å². The summed E-state index contributed by atoms with van der Waals surface area (Å²) in [4.78, 5) is 25.1. The Morgan fingerprint density at radius 2 is 2.00 bits per heavy atom. The van der Waals surface area contributed by atoms with Gasteiger partial charge in [0.1, 0.15) is 17.3 Å². The second-order valence-electron chi connectivity index (χ2n) is 7.10. The predicted molar refractivity (Wildman–Crippen MR) is 99.6 cm³/mol. The largest absolute Gasteiger partial charge is 0.508 e. The highest BCUT2D eigenvalue weighted by Gasteiger charge is 2.41. The first kappa shape index (κ1) is 19.4. The molecule has 4 nitrogen and oxygen atoms in total. The first-order valence-corrected chi connectivity index (χ1v) is 9.11. The van der Waals surface area contributed by atoms with Gasteiger partial charge in [-0.2, -0.15) is 0 Å². The maximum Gasteiger partial charge on any atom is 0.149 e. The van der Waals surface area contributed by atoms with Crippen molar-refractivity contribution >= 4 is 11.6 Å². The molecule has 1 saturated carbocycles. The van der Waals surface area contributed by atoms with Crippen molar-refractivity contribution in [2.75, 3.05) is 13.6 Å². The van der Waals surface area contributed by atoms with Gasteiger partial charge in [0, 0.05) is 17.8 Å². The SMILES string of the molecule is C=CCC1(C(=O)CCc2ccccc2O)CCC(C(=O)CNC)CC1. The number of benzene rings is 1. The molecule has 0 aromatic heterocycles. The molecule has 1 aliphatic rings. The van der Waals surface area contributed by atoms with Crippen LogP contribution in [-0.2, 0) is 16.0 Å². The lowest BCUT2D eigenvalue weighted by Gasteiger charge is -2.38. The van der Waals surface area contributed by atoms with Gasteiger partial charge in [0.25, 0.3) is 0 Å². The van der Waals surface area contributed by atoms with Gasteiger partial charge in [-0.3, -0.25) is 9.59 Å². The number of nitrogens with one attached hydrogen (secondary N) is 1. The van der Waals surface area contributed by atoms with Crippen LogP contribution >= 0.6 is 0 Å². The Morgan fingerprint density at radius 1 is 1.32 bits per heavy atom. The number of hydrogen-bond donors (Lipinski definition) is 2. The molecule has 0 aliphatic heterocycles. The minimum atomic E-state index is -0.386. The molecule has 136 valence electrons. The summed E-state index contributed by atoms with van der Waals surface area (Å²) in [6.07, 6.45) is 6.51. The summed E-state index contributed by atoms with van der Waals surface area (Å²) in [7, 11) is 1.78. The third-order valence-electron chi connectivity index (χ3n) is 5.49. The number of phenols is 1. The molecule has 1 fully saturated rings. The molecule has 2 rings (SSSR count). The van der Waals surface area contributed by atoms with Crippen LogP contribution in [-0.4, -0.2) is 30.3 Å². The van der Waals surface area contributed by atoms with Crippen molar-refractivity contribution < 1.29 is 14.7 Å². The molecule has 0 heterocycles. The number of rotatable bonds is 9. The third kappa shape index (κ3) is 4.79. The topological polar surface area (TPSA) is 66.4 Å². The fourth-order valence-electron chi connectivity index (χ4n) is 3.92. The molecule has 25 heavy (non-hydrogen) atoms. The van der Waals surface area contributed by atoms with Crippen molar-refractivity contribution in [1.82, 2.24) is 5.32 Å². The fraction of sp³-hybridized carbons (Fsp3) is 0.524. The number of aryl methyl sites for hydroxylation is 1. The highest BCUT2D eigenvalue weighted by molar-refractivity contribution is 5.87. The lowest BCUT2D eigenvalue weighted by atomic mass is 9.64. The lowest BCUT2D eigenvalue weighted by Crippen LogP contribution is -2.38. The molecular weight excluding hydrogens is 314 g/mol. The van der Waals surface area contributed by atoms with E-state index >= 15 is 0 Å². The van der Waals surface area contributed by atoms with Crippen molar-refractivity contribution in [3.8, 4) is 5.75 Å². The van der Waals surface area contributed by atoms with Gasteiger partial charge in [0.15, 0.2) is 0 Å². The van der Waals surface area contributed by atoms with E-state index < -0.39 is 0 Å². The molecule has 0 bridgehead atoms. The summed E-state index contributed by atoms with van der Waals surface area (Å²) < 4.78 is 0. The number of aromatic hydroxyl groups is 1. The van der Waals surface area contributed by atoms with Gasteiger partial charge in [-0.05, 0) is 57.2 Å². The number of carbonyl (C=O) groups excluding carboxylic acids is 2. The molecule has 0 radical (unpaired) electrons. The average molecular weight is 343 g/mol. The summed E-state index contributed by atoms with van der Waals surface area (Å²) in [5.41, 5.74) is 0.422. The second kappa shape index (κ2) is 8.95. The number of allylic oxidation sites excluding steroid dienone is 1. The van der Waals surface area contributed by atoms with Crippen LogP contribution in [0, 0.1) is 11.3 Å². The Balaban J connectivity index is 2.00. The van der Waals surface area contributed by atoms with Crippen molar-refractivity contribution in [1.29, 1.82) is 0 Å². The molecule has 0 atom stereocenters. The minimum Gasteiger partial charge on any atom is -0.508 e. The summed E-state index contributed by atoms with van der Waals surface area (Å²) in [5.74, 6) is 0.789. The van der Waals surface area contributed by atoms with E-state index in [4.69, 9.17) is 0 Å². The smallest absolute Gasteiger partial charge is 0.149 e. The van der Waals surface area contributed by atoms with Gasteiger partial charge in [-0.15, -0.1) is 6.58 Å².